The zero-order valence-electron chi connectivity index (χ0n) is 10.0. The van der Waals surface area contributed by atoms with Crippen molar-refractivity contribution in [2.24, 2.45) is 0 Å². The van der Waals surface area contributed by atoms with Crippen molar-refractivity contribution in [2.75, 3.05) is 37.0 Å². The molecular weight excluding hydrogens is 204 g/mol. The molecule has 0 bridgehead atoms. The largest absolute Gasteiger partial charge is 0.377 e. The molecule has 1 aliphatic heterocycles. The van der Waals surface area contributed by atoms with E-state index < -0.39 is 0 Å². The van der Waals surface area contributed by atoms with Crippen molar-refractivity contribution in [1.29, 1.82) is 0 Å². The van der Waals surface area contributed by atoms with Gasteiger partial charge in [0.25, 0.3) is 0 Å². The van der Waals surface area contributed by atoms with E-state index in [1.54, 1.807) is 6.33 Å². The van der Waals surface area contributed by atoms with Gasteiger partial charge in [0.1, 0.15) is 18.0 Å². The molecule has 1 unspecified atom stereocenters. The lowest BCUT2D eigenvalue weighted by atomic mass is 10.2. The van der Waals surface area contributed by atoms with Crippen molar-refractivity contribution in [3.63, 3.8) is 0 Å². The Balaban J connectivity index is 2.31. The first-order valence-electron chi connectivity index (χ1n) is 5.57. The van der Waals surface area contributed by atoms with Gasteiger partial charge in [0.05, 0.1) is 19.3 Å². The SMILES string of the molecule is CNc1ncnc(N2CCOCC2C)c1C. The number of nitrogens with one attached hydrogen (secondary N) is 1. The highest BCUT2D eigenvalue weighted by atomic mass is 16.5. The molecule has 1 saturated heterocycles. The quantitative estimate of drug-likeness (QED) is 0.810. The highest BCUT2D eigenvalue weighted by molar-refractivity contribution is 5.58. The van der Waals surface area contributed by atoms with E-state index in [0.29, 0.717) is 6.04 Å². The molecule has 1 atom stereocenters. The average molecular weight is 222 g/mol. The molecule has 1 aromatic heterocycles. The van der Waals surface area contributed by atoms with E-state index in [1.165, 1.54) is 0 Å². The number of hydrogen-bond donors (Lipinski definition) is 1. The number of aromatic nitrogens is 2. The normalized spacial score (nSPS) is 20.9. The van der Waals surface area contributed by atoms with Gasteiger partial charge in [0.2, 0.25) is 0 Å². The predicted molar refractivity (Wildman–Crippen MR) is 63.9 cm³/mol. The summed E-state index contributed by atoms with van der Waals surface area (Å²) in [6.45, 7) is 6.62. The fraction of sp³-hybridized carbons (Fsp3) is 0.636. The van der Waals surface area contributed by atoms with Gasteiger partial charge in [-0.15, -0.1) is 0 Å². The minimum atomic E-state index is 0.368. The molecule has 5 nitrogen and oxygen atoms in total. The average Bonchev–Trinajstić information content (AvgIpc) is 2.31. The molecule has 5 heteroatoms. The Bertz CT molecular complexity index is 369. The van der Waals surface area contributed by atoms with Gasteiger partial charge in [-0.3, -0.25) is 0 Å². The van der Waals surface area contributed by atoms with Crippen LogP contribution in [0.5, 0.6) is 0 Å². The second kappa shape index (κ2) is 4.65. The number of anilines is 2. The first-order chi connectivity index (χ1) is 7.74. The molecule has 2 rings (SSSR count). The number of hydrogen-bond acceptors (Lipinski definition) is 5. The Labute approximate surface area is 95.8 Å². The molecule has 0 radical (unpaired) electrons. The van der Waals surface area contributed by atoms with Crippen molar-refractivity contribution >= 4 is 11.6 Å². The highest BCUT2D eigenvalue weighted by Crippen LogP contribution is 2.24. The van der Waals surface area contributed by atoms with Gasteiger partial charge in [-0.2, -0.15) is 0 Å². The molecule has 1 aromatic rings. The second-order valence-corrected chi connectivity index (χ2v) is 4.04. The number of nitrogens with zero attached hydrogens (tertiary/aromatic N) is 3. The van der Waals surface area contributed by atoms with Gasteiger partial charge < -0.3 is 15.0 Å². The maximum Gasteiger partial charge on any atom is 0.137 e. The molecule has 1 aliphatic rings. The summed E-state index contributed by atoms with van der Waals surface area (Å²) in [6.07, 6.45) is 1.61. The third kappa shape index (κ3) is 1.95. The van der Waals surface area contributed by atoms with Crippen LogP contribution in [0.4, 0.5) is 11.6 Å². The number of rotatable bonds is 2. The Morgan fingerprint density at radius 1 is 1.50 bits per heavy atom. The summed E-state index contributed by atoms with van der Waals surface area (Å²) in [5.41, 5.74) is 1.10. The first kappa shape index (κ1) is 11.1. The third-order valence-corrected chi connectivity index (χ3v) is 2.93. The molecule has 1 N–H and O–H groups in total. The van der Waals surface area contributed by atoms with Gasteiger partial charge in [-0.1, -0.05) is 0 Å². The standard InChI is InChI=1S/C11H18N4O/c1-8-6-16-5-4-15(8)11-9(2)10(12-3)13-7-14-11/h7-8H,4-6H2,1-3H3,(H,12,13,14). The molecule has 1 fully saturated rings. The summed E-state index contributed by atoms with van der Waals surface area (Å²) < 4.78 is 5.43. The molecule has 0 spiro atoms. The lowest BCUT2D eigenvalue weighted by molar-refractivity contribution is 0.0984. The van der Waals surface area contributed by atoms with Crippen LogP contribution in [0.15, 0.2) is 6.33 Å². The Hall–Kier alpha value is -1.36. The first-order valence-corrected chi connectivity index (χ1v) is 5.57. The van der Waals surface area contributed by atoms with E-state index in [1.807, 2.05) is 14.0 Å². The van der Waals surface area contributed by atoms with Crippen LogP contribution >= 0.6 is 0 Å². The monoisotopic (exact) mass is 222 g/mol. The Kier molecular flexibility index (Phi) is 3.24. The molecule has 2 heterocycles. The molecule has 88 valence electrons. The zero-order valence-corrected chi connectivity index (χ0v) is 10.0. The Morgan fingerprint density at radius 2 is 2.31 bits per heavy atom. The van der Waals surface area contributed by atoms with Crippen LogP contribution in [-0.4, -0.2) is 42.8 Å². The van der Waals surface area contributed by atoms with Crippen molar-refractivity contribution < 1.29 is 4.74 Å². The van der Waals surface area contributed by atoms with Crippen LogP contribution in [0.25, 0.3) is 0 Å². The fourth-order valence-corrected chi connectivity index (χ4v) is 2.02. The van der Waals surface area contributed by atoms with Crippen molar-refractivity contribution in [2.45, 2.75) is 19.9 Å². The third-order valence-electron chi connectivity index (χ3n) is 2.93. The molecule has 0 aromatic carbocycles. The maximum atomic E-state index is 5.43. The zero-order chi connectivity index (χ0) is 11.5. The second-order valence-electron chi connectivity index (χ2n) is 4.04. The number of ether oxygens (including phenoxy) is 1. The molecular formula is C11H18N4O. The van der Waals surface area contributed by atoms with Crippen LogP contribution < -0.4 is 10.2 Å². The maximum absolute atomic E-state index is 5.43. The van der Waals surface area contributed by atoms with E-state index in [0.717, 1.165) is 37.0 Å². The van der Waals surface area contributed by atoms with E-state index >= 15 is 0 Å². The van der Waals surface area contributed by atoms with Crippen LogP contribution in [0, 0.1) is 6.92 Å². The van der Waals surface area contributed by atoms with Crippen molar-refractivity contribution in [3.05, 3.63) is 11.9 Å². The summed E-state index contributed by atoms with van der Waals surface area (Å²) in [5, 5.41) is 3.08. The van der Waals surface area contributed by atoms with Crippen LogP contribution in [0.1, 0.15) is 12.5 Å². The van der Waals surface area contributed by atoms with Crippen LogP contribution in [0.3, 0.4) is 0 Å². The smallest absolute Gasteiger partial charge is 0.137 e. The molecule has 0 saturated carbocycles. The molecule has 0 aliphatic carbocycles. The summed E-state index contributed by atoms with van der Waals surface area (Å²) in [7, 11) is 1.88. The lowest BCUT2D eigenvalue weighted by Gasteiger charge is -2.35. The van der Waals surface area contributed by atoms with Crippen molar-refractivity contribution in [3.8, 4) is 0 Å². The lowest BCUT2D eigenvalue weighted by Crippen LogP contribution is -2.44. The minimum Gasteiger partial charge on any atom is -0.377 e. The summed E-state index contributed by atoms with van der Waals surface area (Å²) >= 11 is 0. The minimum absolute atomic E-state index is 0.368. The van der Waals surface area contributed by atoms with Gasteiger partial charge in [0, 0.05) is 19.2 Å². The van der Waals surface area contributed by atoms with E-state index in [4.69, 9.17) is 4.74 Å². The van der Waals surface area contributed by atoms with Gasteiger partial charge >= 0.3 is 0 Å². The van der Waals surface area contributed by atoms with Crippen LogP contribution in [-0.2, 0) is 4.74 Å². The summed E-state index contributed by atoms with van der Waals surface area (Å²) in [6, 6.07) is 0.368. The Morgan fingerprint density at radius 3 is 3.00 bits per heavy atom. The number of morpholine rings is 1. The predicted octanol–water partition coefficient (Wildman–Crippen LogP) is 1.05. The van der Waals surface area contributed by atoms with Gasteiger partial charge in [-0.05, 0) is 13.8 Å². The summed E-state index contributed by atoms with van der Waals surface area (Å²) in [4.78, 5) is 10.9. The van der Waals surface area contributed by atoms with E-state index in [9.17, 15) is 0 Å². The van der Waals surface area contributed by atoms with Gasteiger partial charge in [-0.25, -0.2) is 9.97 Å². The molecule has 0 amide bonds. The molecule has 16 heavy (non-hydrogen) atoms. The fourth-order valence-electron chi connectivity index (χ4n) is 2.02. The van der Waals surface area contributed by atoms with Crippen LogP contribution in [0.2, 0.25) is 0 Å². The summed E-state index contributed by atoms with van der Waals surface area (Å²) in [5.74, 6) is 1.90. The topological polar surface area (TPSA) is 50.3 Å². The van der Waals surface area contributed by atoms with E-state index in [2.05, 4.69) is 27.1 Å². The van der Waals surface area contributed by atoms with Crippen molar-refractivity contribution in [1.82, 2.24) is 9.97 Å². The van der Waals surface area contributed by atoms with Gasteiger partial charge in [0.15, 0.2) is 0 Å². The van der Waals surface area contributed by atoms with E-state index in [-0.39, 0.29) is 0 Å². The highest BCUT2D eigenvalue weighted by Gasteiger charge is 2.22.